The van der Waals surface area contributed by atoms with Gasteiger partial charge in [0.2, 0.25) is 5.91 Å². The van der Waals surface area contributed by atoms with E-state index in [-0.39, 0.29) is 6.61 Å². The van der Waals surface area contributed by atoms with E-state index in [1.54, 1.807) is 0 Å². The van der Waals surface area contributed by atoms with Gasteiger partial charge in [-0.25, -0.2) is 0 Å². The number of nitrogens with zero attached hydrogens (tertiary/aromatic N) is 2. The fourth-order valence-electron chi connectivity index (χ4n) is 2.75. The van der Waals surface area contributed by atoms with Gasteiger partial charge in [-0.2, -0.15) is 0 Å². The number of rotatable bonds is 4. The van der Waals surface area contributed by atoms with E-state index in [1.807, 2.05) is 4.90 Å². The average molecular weight is 226 g/mol. The summed E-state index contributed by atoms with van der Waals surface area (Å²) in [6.45, 7) is 4.03. The molecule has 0 spiro atoms. The molecule has 2 saturated heterocycles. The van der Waals surface area contributed by atoms with E-state index < -0.39 is 0 Å². The second-order valence-electron chi connectivity index (χ2n) is 4.85. The molecule has 1 N–H and O–H groups in total. The van der Waals surface area contributed by atoms with Crippen LogP contribution in [0, 0.1) is 0 Å². The van der Waals surface area contributed by atoms with Crippen LogP contribution in [0.1, 0.15) is 32.1 Å². The highest BCUT2D eigenvalue weighted by Crippen LogP contribution is 2.17. The first-order valence-electron chi connectivity index (χ1n) is 6.44. The van der Waals surface area contributed by atoms with E-state index in [4.69, 9.17) is 0 Å². The monoisotopic (exact) mass is 226 g/mol. The molecule has 1 atom stereocenters. The Morgan fingerprint density at radius 2 is 2.06 bits per heavy atom. The van der Waals surface area contributed by atoms with Gasteiger partial charge in [0.05, 0.1) is 6.61 Å². The van der Waals surface area contributed by atoms with E-state index in [1.165, 1.54) is 12.8 Å². The zero-order valence-corrected chi connectivity index (χ0v) is 9.90. The van der Waals surface area contributed by atoms with E-state index in [0.29, 0.717) is 11.9 Å². The lowest BCUT2D eigenvalue weighted by Crippen LogP contribution is -2.45. The van der Waals surface area contributed by atoms with Crippen LogP contribution < -0.4 is 0 Å². The Balaban J connectivity index is 1.77. The molecule has 0 aromatic rings. The van der Waals surface area contributed by atoms with Gasteiger partial charge in [-0.3, -0.25) is 9.69 Å². The fourth-order valence-corrected chi connectivity index (χ4v) is 2.75. The van der Waals surface area contributed by atoms with Gasteiger partial charge in [0.1, 0.15) is 0 Å². The van der Waals surface area contributed by atoms with Gasteiger partial charge in [-0.05, 0) is 25.8 Å². The molecule has 0 saturated carbocycles. The first-order valence-corrected chi connectivity index (χ1v) is 6.44. The van der Waals surface area contributed by atoms with Crippen LogP contribution in [0.2, 0.25) is 0 Å². The minimum absolute atomic E-state index is 0.258. The van der Waals surface area contributed by atoms with Gasteiger partial charge >= 0.3 is 0 Å². The molecular weight excluding hydrogens is 204 g/mol. The van der Waals surface area contributed by atoms with Crippen LogP contribution in [-0.4, -0.2) is 59.6 Å². The van der Waals surface area contributed by atoms with Gasteiger partial charge in [-0.15, -0.1) is 0 Å². The summed E-state index contributed by atoms with van der Waals surface area (Å²) in [5.41, 5.74) is 0. The summed E-state index contributed by atoms with van der Waals surface area (Å²) >= 11 is 0. The van der Waals surface area contributed by atoms with E-state index in [0.717, 1.165) is 45.4 Å². The number of carbonyl (C=O) groups excluding carboxylic acids is 1. The first-order chi connectivity index (χ1) is 7.81. The molecule has 1 amide bonds. The molecule has 0 aromatic carbocycles. The molecule has 0 aliphatic carbocycles. The van der Waals surface area contributed by atoms with Crippen LogP contribution in [0.5, 0.6) is 0 Å². The highest BCUT2D eigenvalue weighted by Gasteiger charge is 2.24. The normalized spacial score (nSPS) is 27.7. The maximum atomic E-state index is 11.5. The maximum absolute atomic E-state index is 11.5. The SMILES string of the molecule is O=C1CCCN1CCN1CCCCC1CO. The molecule has 0 bridgehead atoms. The Bertz CT molecular complexity index is 245. The molecule has 2 fully saturated rings. The third kappa shape index (κ3) is 2.74. The van der Waals surface area contributed by atoms with E-state index >= 15 is 0 Å². The fraction of sp³-hybridized carbons (Fsp3) is 0.917. The lowest BCUT2D eigenvalue weighted by molar-refractivity contribution is -0.128. The summed E-state index contributed by atoms with van der Waals surface area (Å²) in [6.07, 6.45) is 5.30. The Morgan fingerprint density at radius 3 is 2.75 bits per heavy atom. The summed E-state index contributed by atoms with van der Waals surface area (Å²) in [6, 6.07) is 0.325. The third-order valence-corrected chi connectivity index (χ3v) is 3.79. The highest BCUT2D eigenvalue weighted by atomic mass is 16.3. The van der Waals surface area contributed by atoms with Crippen molar-refractivity contribution in [3.05, 3.63) is 0 Å². The van der Waals surface area contributed by atoms with Crippen LogP contribution in [-0.2, 0) is 4.79 Å². The van der Waals surface area contributed by atoms with Gasteiger partial charge < -0.3 is 10.0 Å². The molecule has 16 heavy (non-hydrogen) atoms. The summed E-state index contributed by atoms with van der Waals surface area (Å²) in [7, 11) is 0. The quantitative estimate of drug-likeness (QED) is 0.757. The highest BCUT2D eigenvalue weighted by molar-refractivity contribution is 5.78. The maximum Gasteiger partial charge on any atom is 0.222 e. The zero-order chi connectivity index (χ0) is 11.4. The Kier molecular flexibility index (Phi) is 4.18. The molecular formula is C12H22N2O2. The number of carbonyl (C=O) groups is 1. The van der Waals surface area contributed by atoms with Crippen molar-refractivity contribution < 1.29 is 9.90 Å². The second kappa shape index (κ2) is 5.64. The van der Waals surface area contributed by atoms with Gasteiger partial charge in [0.25, 0.3) is 0 Å². The number of amides is 1. The number of piperidine rings is 1. The summed E-state index contributed by atoms with van der Waals surface area (Å²) in [5.74, 6) is 0.303. The Hall–Kier alpha value is -0.610. The van der Waals surface area contributed by atoms with Crippen molar-refractivity contribution in [2.75, 3.05) is 32.8 Å². The van der Waals surface area contributed by atoms with Crippen molar-refractivity contribution in [1.29, 1.82) is 0 Å². The molecule has 0 radical (unpaired) electrons. The van der Waals surface area contributed by atoms with E-state index in [9.17, 15) is 9.90 Å². The van der Waals surface area contributed by atoms with Gasteiger partial charge in [0, 0.05) is 32.1 Å². The number of likely N-dealkylation sites (tertiary alicyclic amines) is 2. The molecule has 2 heterocycles. The van der Waals surface area contributed by atoms with Crippen LogP contribution >= 0.6 is 0 Å². The second-order valence-corrected chi connectivity index (χ2v) is 4.85. The number of hydrogen-bond acceptors (Lipinski definition) is 3. The molecule has 4 heteroatoms. The summed E-state index contributed by atoms with van der Waals surface area (Å²) in [5, 5.41) is 9.28. The van der Waals surface area contributed by atoms with Crippen molar-refractivity contribution in [2.45, 2.75) is 38.1 Å². The summed E-state index contributed by atoms with van der Waals surface area (Å²) in [4.78, 5) is 15.8. The third-order valence-electron chi connectivity index (χ3n) is 3.79. The molecule has 2 aliphatic heterocycles. The lowest BCUT2D eigenvalue weighted by atomic mass is 10.0. The van der Waals surface area contributed by atoms with E-state index in [2.05, 4.69) is 4.90 Å². The molecule has 1 unspecified atom stereocenters. The predicted molar refractivity (Wildman–Crippen MR) is 62.1 cm³/mol. The Labute approximate surface area is 97.2 Å². The van der Waals surface area contributed by atoms with Crippen molar-refractivity contribution in [3.63, 3.8) is 0 Å². The number of aliphatic hydroxyl groups is 1. The molecule has 92 valence electrons. The molecule has 4 nitrogen and oxygen atoms in total. The number of hydrogen-bond donors (Lipinski definition) is 1. The van der Waals surface area contributed by atoms with Crippen LogP contribution in [0.4, 0.5) is 0 Å². The van der Waals surface area contributed by atoms with Crippen LogP contribution in [0.3, 0.4) is 0 Å². The Morgan fingerprint density at radius 1 is 1.19 bits per heavy atom. The summed E-state index contributed by atoms with van der Waals surface area (Å²) < 4.78 is 0. The van der Waals surface area contributed by atoms with Crippen molar-refractivity contribution in [2.24, 2.45) is 0 Å². The zero-order valence-electron chi connectivity index (χ0n) is 9.90. The minimum Gasteiger partial charge on any atom is -0.395 e. The van der Waals surface area contributed by atoms with Crippen LogP contribution in [0.15, 0.2) is 0 Å². The van der Waals surface area contributed by atoms with Gasteiger partial charge in [0.15, 0.2) is 0 Å². The van der Waals surface area contributed by atoms with Gasteiger partial charge in [-0.1, -0.05) is 6.42 Å². The molecule has 0 aromatic heterocycles. The van der Waals surface area contributed by atoms with Crippen LogP contribution in [0.25, 0.3) is 0 Å². The topological polar surface area (TPSA) is 43.8 Å². The molecule has 2 aliphatic rings. The van der Waals surface area contributed by atoms with Crippen molar-refractivity contribution >= 4 is 5.91 Å². The lowest BCUT2D eigenvalue weighted by Gasteiger charge is -2.35. The molecule has 2 rings (SSSR count). The van der Waals surface area contributed by atoms with Crippen molar-refractivity contribution in [1.82, 2.24) is 9.80 Å². The average Bonchev–Trinajstić information content (AvgIpc) is 2.72. The standard InChI is InChI=1S/C12H22N2O2/c15-10-11-4-1-2-6-13(11)8-9-14-7-3-5-12(14)16/h11,15H,1-10H2. The predicted octanol–water partition coefficient (Wildman–Crippen LogP) is 0.456. The van der Waals surface area contributed by atoms with Crippen molar-refractivity contribution in [3.8, 4) is 0 Å². The smallest absolute Gasteiger partial charge is 0.222 e. The first kappa shape index (κ1) is 11.9. The number of aliphatic hydroxyl groups excluding tert-OH is 1. The largest absolute Gasteiger partial charge is 0.395 e. The minimum atomic E-state index is 0.258.